The van der Waals surface area contributed by atoms with Gasteiger partial charge in [0.05, 0.1) is 0 Å². The predicted octanol–water partition coefficient (Wildman–Crippen LogP) is 0.739. The van der Waals surface area contributed by atoms with E-state index < -0.39 is 0 Å². The molecule has 13 heavy (non-hydrogen) atoms. The van der Waals surface area contributed by atoms with Gasteiger partial charge in [0.1, 0.15) is 0 Å². The molecule has 3 nitrogen and oxygen atoms in total. The monoisotopic (exact) mass is 179 g/mol. The first-order valence-electron chi connectivity index (χ1n) is 4.46. The molecule has 0 saturated heterocycles. The average molecular weight is 179 g/mol. The Morgan fingerprint density at radius 1 is 1.54 bits per heavy atom. The molecular formula is C10H17N3. The van der Waals surface area contributed by atoms with E-state index in [4.69, 9.17) is 17.2 Å². The van der Waals surface area contributed by atoms with Crippen molar-refractivity contribution in [3.05, 3.63) is 35.7 Å². The Labute approximate surface area is 79.0 Å². The summed E-state index contributed by atoms with van der Waals surface area (Å²) in [5, 5.41) is 0. The molecule has 0 bridgehead atoms. The van der Waals surface area contributed by atoms with Crippen molar-refractivity contribution in [2.45, 2.75) is 25.3 Å². The van der Waals surface area contributed by atoms with Gasteiger partial charge in [-0.25, -0.2) is 0 Å². The zero-order valence-corrected chi connectivity index (χ0v) is 7.79. The molecule has 0 aromatic rings. The van der Waals surface area contributed by atoms with Crippen molar-refractivity contribution >= 4 is 0 Å². The first-order chi connectivity index (χ1) is 6.13. The molecule has 6 N–H and O–H groups in total. The number of hydrogen-bond donors (Lipinski definition) is 3. The molecule has 1 aliphatic rings. The summed E-state index contributed by atoms with van der Waals surface area (Å²) in [5.74, 6) is 0. The first-order valence-corrected chi connectivity index (χ1v) is 4.46. The highest BCUT2D eigenvalue weighted by Crippen LogP contribution is 2.22. The van der Waals surface area contributed by atoms with Crippen LogP contribution in [0.4, 0.5) is 0 Å². The minimum atomic E-state index is 0.210. The highest BCUT2D eigenvalue weighted by molar-refractivity contribution is 5.32. The summed E-state index contributed by atoms with van der Waals surface area (Å²) in [6.45, 7) is 3.58. The number of hydrogen-bond acceptors (Lipinski definition) is 3. The molecule has 0 aromatic heterocycles. The Bertz CT molecular complexity index is 263. The minimum absolute atomic E-state index is 0.210. The Morgan fingerprint density at radius 3 is 2.77 bits per heavy atom. The summed E-state index contributed by atoms with van der Waals surface area (Å²) in [4.78, 5) is 0. The van der Waals surface area contributed by atoms with E-state index in [0.717, 1.165) is 30.5 Å². The van der Waals surface area contributed by atoms with Gasteiger partial charge in [-0.3, -0.25) is 0 Å². The normalized spacial score (nSPS) is 24.7. The fourth-order valence-electron chi connectivity index (χ4n) is 1.44. The number of allylic oxidation sites excluding steroid dienone is 3. The van der Waals surface area contributed by atoms with Gasteiger partial charge in [0, 0.05) is 23.9 Å². The summed E-state index contributed by atoms with van der Waals surface area (Å²) in [6, 6.07) is 0.210. The lowest BCUT2D eigenvalue weighted by Crippen LogP contribution is -2.27. The van der Waals surface area contributed by atoms with Gasteiger partial charge in [-0.15, -0.1) is 0 Å². The average Bonchev–Trinajstić information content (AvgIpc) is 2.09. The molecule has 0 amide bonds. The fraction of sp³-hybridized carbons (Fsp3) is 0.400. The molecule has 0 fully saturated rings. The summed E-state index contributed by atoms with van der Waals surface area (Å²) in [7, 11) is 0. The summed E-state index contributed by atoms with van der Waals surface area (Å²) >= 11 is 0. The van der Waals surface area contributed by atoms with E-state index in [2.05, 4.69) is 6.58 Å². The maximum Gasteiger partial charge on any atom is 0.0311 e. The highest BCUT2D eigenvalue weighted by atomic mass is 14.7. The molecule has 0 saturated carbocycles. The van der Waals surface area contributed by atoms with Crippen molar-refractivity contribution in [3.63, 3.8) is 0 Å². The smallest absolute Gasteiger partial charge is 0.0311 e. The summed E-state index contributed by atoms with van der Waals surface area (Å²) in [5.41, 5.74) is 19.9. The number of rotatable bonds is 2. The standard InChI is InChI=1S/C10H17N3/c1-2-8(11)5-7-3-4-9(12)6-10(7)13/h2,5,9H,1,3-4,6,11-13H2/b8-5+. The highest BCUT2D eigenvalue weighted by Gasteiger charge is 2.14. The van der Waals surface area contributed by atoms with E-state index in [1.165, 1.54) is 0 Å². The van der Waals surface area contributed by atoms with Crippen LogP contribution in [0.2, 0.25) is 0 Å². The third kappa shape index (κ3) is 2.63. The molecular weight excluding hydrogens is 162 g/mol. The second-order valence-corrected chi connectivity index (χ2v) is 3.40. The van der Waals surface area contributed by atoms with Crippen molar-refractivity contribution in [2.24, 2.45) is 17.2 Å². The van der Waals surface area contributed by atoms with Gasteiger partial charge in [0.15, 0.2) is 0 Å². The molecule has 1 aliphatic carbocycles. The zero-order valence-electron chi connectivity index (χ0n) is 7.79. The predicted molar refractivity (Wildman–Crippen MR) is 55.5 cm³/mol. The van der Waals surface area contributed by atoms with Gasteiger partial charge in [0.25, 0.3) is 0 Å². The lowest BCUT2D eigenvalue weighted by molar-refractivity contribution is 0.571. The van der Waals surface area contributed by atoms with Gasteiger partial charge in [-0.05, 0) is 30.6 Å². The van der Waals surface area contributed by atoms with Gasteiger partial charge in [0.2, 0.25) is 0 Å². The molecule has 1 rings (SSSR count). The van der Waals surface area contributed by atoms with E-state index in [9.17, 15) is 0 Å². The molecule has 1 unspecified atom stereocenters. The van der Waals surface area contributed by atoms with Crippen molar-refractivity contribution in [3.8, 4) is 0 Å². The van der Waals surface area contributed by atoms with Crippen molar-refractivity contribution in [1.29, 1.82) is 0 Å². The van der Waals surface area contributed by atoms with Crippen LogP contribution in [0, 0.1) is 0 Å². The second-order valence-electron chi connectivity index (χ2n) is 3.40. The maximum atomic E-state index is 5.84. The quantitative estimate of drug-likeness (QED) is 0.547. The van der Waals surface area contributed by atoms with Crippen LogP contribution in [0.5, 0.6) is 0 Å². The molecule has 0 aromatic carbocycles. The molecule has 72 valence electrons. The Hall–Kier alpha value is -1.22. The molecule has 3 heteroatoms. The molecule has 1 atom stereocenters. The Balaban J connectivity index is 2.80. The van der Waals surface area contributed by atoms with Crippen molar-refractivity contribution < 1.29 is 0 Å². The van der Waals surface area contributed by atoms with E-state index in [-0.39, 0.29) is 6.04 Å². The molecule has 0 heterocycles. The van der Waals surface area contributed by atoms with E-state index >= 15 is 0 Å². The van der Waals surface area contributed by atoms with Crippen LogP contribution in [0.25, 0.3) is 0 Å². The van der Waals surface area contributed by atoms with Crippen molar-refractivity contribution in [1.82, 2.24) is 0 Å². The van der Waals surface area contributed by atoms with E-state index in [1.54, 1.807) is 6.08 Å². The molecule has 0 spiro atoms. The summed E-state index contributed by atoms with van der Waals surface area (Å²) in [6.07, 6.45) is 6.18. The Kier molecular flexibility index (Phi) is 3.14. The van der Waals surface area contributed by atoms with Crippen LogP contribution in [-0.2, 0) is 0 Å². The maximum absolute atomic E-state index is 5.84. The SMILES string of the molecule is C=C/C(N)=C\C1=C(N)CC(N)CC1. The molecule has 0 radical (unpaired) electrons. The van der Waals surface area contributed by atoms with Crippen LogP contribution in [-0.4, -0.2) is 6.04 Å². The van der Waals surface area contributed by atoms with E-state index in [1.807, 2.05) is 6.08 Å². The minimum Gasteiger partial charge on any atom is -0.402 e. The largest absolute Gasteiger partial charge is 0.402 e. The van der Waals surface area contributed by atoms with Gasteiger partial charge < -0.3 is 17.2 Å². The zero-order chi connectivity index (χ0) is 9.84. The first kappa shape index (κ1) is 9.86. The topological polar surface area (TPSA) is 78.1 Å². The Morgan fingerprint density at radius 2 is 2.23 bits per heavy atom. The van der Waals surface area contributed by atoms with Crippen LogP contribution < -0.4 is 17.2 Å². The van der Waals surface area contributed by atoms with Gasteiger partial charge in [-0.1, -0.05) is 6.58 Å². The summed E-state index contributed by atoms with van der Waals surface area (Å²) < 4.78 is 0. The van der Waals surface area contributed by atoms with Crippen LogP contribution in [0.3, 0.4) is 0 Å². The number of nitrogens with two attached hydrogens (primary N) is 3. The molecule has 0 aliphatic heterocycles. The van der Waals surface area contributed by atoms with Crippen LogP contribution in [0.1, 0.15) is 19.3 Å². The van der Waals surface area contributed by atoms with Crippen LogP contribution >= 0.6 is 0 Å². The van der Waals surface area contributed by atoms with Crippen molar-refractivity contribution in [2.75, 3.05) is 0 Å². The van der Waals surface area contributed by atoms with Crippen LogP contribution in [0.15, 0.2) is 35.7 Å². The van der Waals surface area contributed by atoms with Gasteiger partial charge in [-0.2, -0.15) is 0 Å². The fourth-order valence-corrected chi connectivity index (χ4v) is 1.44. The lowest BCUT2D eigenvalue weighted by Gasteiger charge is -2.20. The second kappa shape index (κ2) is 4.14. The third-order valence-corrected chi connectivity index (χ3v) is 2.26. The van der Waals surface area contributed by atoms with Gasteiger partial charge >= 0.3 is 0 Å². The van der Waals surface area contributed by atoms with E-state index in [0.29, 0.717) is 5.70 Å². The lowest BCUT2D eigenvalue weighted by atomic mass is 9.92. The third-order valence-electron chi connectivity index (χ3n) is 2.26.